The van der Waals surface area contributed by atoms with Crippen LogP contribution in [-0.2, 0) is 0 Å². The van der Waals surface area contributed by atoms with Gasteiger partial charge in [-0.1, -0.05) is 27.5 Å². The molecule has 0 amide bonds. The minimum atomic E-state index is -0.112. The van der Waals surface area contributed by atoms with E-state index in [-0.39, 0.29) is 16.3 Å². The van der Waals surface area contributed by atoms with Crippen molar-refractivity contribution >= 4 is 33.8 Å². The normalized spacial score (nSPS) is 9.64. The Balaban J connectivity index is 3.36. The van der Waals surface area contributed by atoms with Crippen molar-refractivity contribution < 1.29 is 9.90 Å². The first-order chi connectivity index (χ1) is 5.15. The lowest BCUT2D eigenvalue weighted by Gasteiger charge is -1.99. The molecule has 0 unspecified atom stereocenters. The first kappa shape index (κ1) is 8.56. The van der Waals surface area contributed by atoms with Crippen LogP contribution in [0.1, 0.15) is 10.4 Å². The molecule has 1 aromatic carbocycles. The van der Waals surface area contributed by atoms with E-state index >= 15 is 0 Å². The lowest BCUT2D eigenvalue weighted by molar-refractivity contribution is 0.112. The van der Waals surface area contributed by atoms with Gasteiger partial charge in [0.2, 0.25) is 0 Å². The summed E-state index contributed by atoms with van der Waals surface area (Å²) >= 11 is 8.73. The molecule has 0 atom stereocenters. The number of carbonyl (C=O) groups excluding carboxylic acids is 1. The fourth-order valence-corrected chi connectivity index (χ4v) is 1.52. The molecular formula is C7H4BrClO2. The maximum Gasteiger partial charge on any atom is 0.155 e. The predicted octanol–water partition coefficient (Wildman–Crippen LogP) is 2.62. The summed E-state index contributed by atoms with van der Waals surface area (Å²) in [6.07, 6.45) is 0.518. The van der Waals surface area contributed by atoms with E-state index in [2.05, 4.69) is 15.9 Å². The highest BCUT2D eigenvalue weighted by atomic mass is 79.9. The van der Waals surface area contributed by atoms with Crippen LogP contribution < -0.4 is 0 Å². The standard InChI is InChI=1S/C7H4BrClO2/c8-4-1-6(9)5(3-10)7(11)2-4/h1-3,11H. The SMILES string of the molecule is O=Cc1c(O)cc(Br)cc1Cl. The number of carbonyl (C=O) groups is 1. The lowest BCUT2D eigenvalue weighted by Crippen LogP contribution is -1.82. The number of halogens is 2. The van der Waals surface area contributed by atoms with Gasteiger partial charge in [-0.3, -0.25) is 4.79 Å². The molecule has 58 valence electrons. The molecule has 0 fully saturated rings. The van der Waals surface area contributed by atoms with Gasteiger partial charge in [0.05, 0.1) is 10.6 Å². The largest absolute Gasteiger partial charge is 0.507 e. The van der Waals surface area contributed by atoms with Crippen molar-refractivity contribution in [2.24, 2.45) is 0 Å². The molecule has 0 saturated heterocycles. The van der Waals surface area contributed by atoms with Gasteiger partial charge in [0.1, 0.15) is 5.75 Å². The number of rotatable bonds is 1. The summed E-state index contributed by atoms with van der Waals surface area (Å²) in [6.45, 7) is 0. The number of aromatic hydroxyl groups is 1. The van der Waals surface area contributed by atoms with Gasteiger partial charge in [-0.05, 0) is 12.1 Å². The second-order valence-electron chi connectivity index (χ2n) is 1.94. The smallest absolute Gasteiger partial charge is 0.155 e. The molecule has 0 saturated carbocycles. The first-order valence-corrected chi connectivity index (χ1v) is 3.95. The predicted molar refractivity (Wildman–Crippen MR) is 46.2 cm³/mol. The minimum Gasteiger partial charge on any atom is -0.507 e. The summed E-state index contributed by atoms with van der Waals surface area (Å²) in [6, 6.07) is 2.96. The van der Waals surface area contributed by atoms with Crippen molar-refractivity contribution in [2.45, 2.75) is 0 Å². The second-order valence-corrected chi connectivity index (χ2v) is 3.26. The number of hydrogen-bond donors (Lipinski definition) is 1. The maximum absolute atomic E-state index is 10.3. The third kappa shape index (κ3) is 1.73. The van der Waals surface area contributed by atoms with Crippen molar-refractivity contribution in [2.75, 3.05) is 0 Å². The topological polar surface area (TPSA) is 37.3 Å². The molecule has 1 rings (SSSR count). The van der Waals surface area contributed by atoms with Crippen molar-refractivity contribution in [1.82, 2.24) is 0 Å². The first-order valence-electron chi connectivity index (χ1n) is 2.78. The van der Waals surface area contributed by atoms with E-state index in [1.807, 2.05) is 0 Å². The van der Waals surface area contributed by atoms with E-state index in [0.717, 1.165) is 0 Å². The molecule has 0 aliphatic rings. The molecule has 1 N–H and O–H groups in total. The molecule has 0 spiro atoms. The highest BCUT2D eigenvalue weighted by Crippen LogP contribution is 2.28. The molecule has 1 aromatic rings. The summed E-state index contributed by atoms with van der Waals surface area (Å²) in [5, 5.41) is 9.37. The highest BCUT2D eigenvalue weighted by Gasteiger charge is 2.05. The summed E-state index contributed by atoms with van der Waals surface area (Å²) in [7, 11) is 0. The van der Waals surface area contributed by atoms with Crippen LogP contribution in [0, 0.1) is 0 Å². The van der Waals surface area contributed by atoms with Crippen LogP contribution in [0.5, 0.6) is 5.75 Å². The van der Waals surface area contributed by atoms with Crippen LogP contribution in [0.25, 0.3) is 0 Å². The quantitative estimate of drug-likeness (QED) is 0.760. The molecule has 11 heavy (non-hydrogen) atoms. The van der Waals surface area contributed by atoms with Crippen molar-refractivity contribution in [3.8, 4) is 5.75 Å². The lowest BCUT2D eigenvalue weighted by atomic mass is 10.2. The summed E-state index contributed by atoms with van der Waals surface area (Å²) < 4.78 is 0.644. The molecule has 0 radical (unpaired) electrons. The molecular weight excluding hydrogens is 231 g/mol. The van der Waals surface area contributed by atoms with E-state index < -0.39 is 0 Å². The highest BCUT2D eigenvalue weighted by molar-refractivity contribution is 9.10. The Morgan fingerprint density at radius 2 is 2.18 bits per heavy atom. The van der Waals surface area contributed by atoms with Crippen LogP contribution >= 0.6 is 27.5 Å². The number of hydrogen-bond acceptors (Lipinski definition) is 2. The van der Waals surface area contributed by atoms with E-state index in [1.165, 1.54) is 6.07 Å². The van der Waals surface area contributed by atoms with Gasteiger partial charge in [-0.15, -0.1) is 0 Å². The average molecular weight is 235 g/mol. The molecule has 0 aromatic heterocycles. The number of benzene rings is 1. The van der Waals surface area contributed by atoms with Crippen LogP contribution in [0.15, 0.2) is 16.6 Å². The summed E-state index contributed by atoms with van der Waals surface area (Å²) in [4.78, 5) is 10.3. The fourth-order valence-electron chi connectivity index (χ4n) is 0.688. The Kier molecular flexibility index (Phi) is 2.52. The van der Waals surface area contributed by atoms with E-state index in [0.29, 0.717) is 10.8 Å². The third-order valence-electron chi connectivity index (χ3n) is 1.19. The van der Waals surface area contributed by atoms with E-state index in [1.54, 1.807) is 6.07 Å². The fraction of sp³-hybridized carbons (Fsp3) is 0. The zero-order valence-corrected chi connectivity index (χ0v) is 7.69. The molecule has 4 heteroatoms. The monoisotopic (exact) mass is 234 g/mol. The van der Waals surface area contributed by atoms with Gasteiger partial charge in [-0.2, -0.15) is 0 Å². The van der Waals surface area contributed by atoms with Crippen molar-refractivity contribution in [3.05, 3.63) is 27.2 Å². The van der Waals surface area contributed by atoms with Gasteiger partial charge >= 0.3 is 0 Å². The summed E-state index contributed by atoms with van der Waals surface area (Å²) in [5.74, 6) is -0.112. The molecule has 0 aliphatic carbocycles. The second kappa shape index (κ2) is 3.24. The Hall–Kier alpha value is -0.540. The van der Waals surface area contributed by atoms with Gasteiger partial charge in [0, 0.05) is 4.47 Å². The Labute approximate surface area is 76.9 Å². The molecule has 2 nitrogen and oxygen atoms in total. The Morgan fingerprint density at radius 1 is 1.55 bits per heavy atom. The number of phenolic OH excluding ortho intramolecular Hbond substituents is 1. The third-order valence-corrected chi connectivity index (χ3v) is 1.96. The number of phenols is 1. The Bertz CT molecular complexity index is 275. The molecule has 0 bridgehead atoms. The maximum atomic E-state index is 10.3. The van der Waals surface area contributed by atoms with E-state index in [9.17, 15) is 4.79 Å². The van der Waals surface area contributed by atoms with Crippen LogP contribution in [0.3, 0.4) is 0 Å². The van der Waals surface area contributed by atoms with E-state index in [4.69, 9.17) is 16.7 Å². The van der Waals surface area contributed by atoms with Gasteiger partial charge in [-0.25, -0.2) is 0 Å². The van der Waals surface area contributed by atoms with Crippen LogP contribution in [0.4, 0.5) is 0 Å². The van der Waals surface area contributed by atoms with Crippen LogP contribution in [-0.4, -0.2) is 11.4 Å². The number of aldehydes is 1. The molecule has 0 aliphatic heterocycles. The van der Waals surface area contributed by atoms with Gasteiger partial charge in [0.15, 0.2) is 6.29 Å². The van der Waals surface area contributed by atoms with Crippen molar-refractivity contribution in [1.29, 1.82) is 0 Å². The molecule has 0 heterocycles. The average Bonchev–Trinajstić information content (AvgIpc) is 1.85. The zero-order chi connectivity index (χ0) is 8.43. The van der Waals surface area contributed by atoms with Gasteiger partial charge in [0.25, 0.3) is 0 Å². The van der Waals surface area contributed by atoms with Gasteiger partial charge < -0.3 is 5.11 Å². The minimum absolute atomic E-state index is 0.112. The van der Waals surface area contributed by atoms with Crippen molar-refractivity contribution in [3.63, 3.8) is 0 Å². The van der Waals surface area contributed by atoms with Crippen LogP contribution in [0.2, 0.25) is 5.02 Å². The Morgan fingerprint density at radius 3 is 2.64 bits per heavy atom. The summed E-state index contributed by atoms with van der Waals surface area (Å²) in [5.41, 5.74) is 0.120. The zero-order valence-electron chi connectivity index (χ0n) is 5.34.